The third-order valence-electron chi connectivity index (χ3n) is 5.32. The van der Waals surface area contributed by atoms with Crippen molar-refractivity contribution in [2.24, 2.45) is 17.8 Å². The third kappa shape index (κ3) is 2.86. The van der Waals surface area contributed by atoms with Crippen molar-refractivity contribution in [2.75, 3.05) is 6.54 Å². The average molecular weight is 257 g/mol. The van der Waals surface area contributed by atoms with Gasteiger partial charge in [-0.1, -0.05) is 43.2 Å². The second kappa shape index (κ2) is 5.66. The van der Waals surface area contributed by atoms with E-state index >= 15 is 0 Å². The molecule has 1 heteroatoms. The molecule has 0 spiro atoms. The van der Waals surface area contributed by atoms with E-state index in [1.54, 1.807) is 0 Å². The Bertz CT molecular complexity index is 425. The Hall–Kier alpha value is -0.820. The van der Waals surface area contributed by atoms with Crippen LogP contribution in [-0.2, 0) is 0 Å². The van der Waals surface area contributed by atoms with Crippen molar-refractivity contribution in [1.82, 2.24) is 5.32 Å². The van der Waals surface area contributed by atoms with Crippen molar-refractivity contribution in [3.05, 3.63) is 35.4 Å². The van der Waals surface area contributed by atoms with Crippen LogP contribution < -0.4 is 5.32 Å². The molecule has 19 heavy (non-hydrogen) atoms. The fourth-order valence-corrected chi connectivity index (χ4v) is 4.44. The fraction of sp³-hybridized carbons (Fsp3) is 0.667. The second-order valence-electron chi connectivity index (χ2n) is 6.70. The number of hydrogen-bond donors (Lipinski definition) is 1. The molecular weight excluding hydrogens is 230 g/mol. The SMILES string of the molecule is CCNC(CC1CC2CCC1C2)c1cccc(C)c1. The maximum atomic E-state index is 3.71. The Morgan fingerprint density at radius 3 is 2.79 bits per heavy atom. The number of aryl methyl sites for hydroxylation is 1. The monoisotopic (exact) mass is 257 g/mol. The molecule has 0 aromatic heterocycles. The smallest absolute Gasteiger partial charge is 0.0322 e. The first-order valence-electron chi connectivity index (χ1n) is 8.06. The predicted molar refractivity (Wildman–Crippen MR) is 81.2 cm³/mol. The van der Waals surface area contributed by atoms with Gasteiger partial charge in [0.1, 0.15) is 0 Å². The molecule has 2 aliphatic carbocycles. The van der Waals surface area contributed by atoms with Gasteiger partial charge in [-0.2, -0.15) is 0 Å². The Balaban J connectivity index is 1.70. The summed E-state index contributed by atoms with van der Waals surface area (Å²) in [7, 11) is 0. The summed E-state index contributed by atoms with van der Waals surface area (Å²) in [6.45, 7) is 5.49. The van der Waals surface area contributed by atoms with Crippen LogP contribution in [-0.4, -0.2) is 6.54 Å². The van der Waals surface area contributed by atoms with Crippen molar-refractivity contribution in [3.63, 3.8) is 0 Å². The lowest BCUT2D eigenvalue weighted by molar-refractivity contribution is 0.280. The van der Waals surface area contributed by atoms with E-state index in [0.717, 1.165) is 24.3 Å². The van der Waals surface area contributed by atoms with Crippen LogP contribution in [0.25, 0.3) is 0 Å². The van der Waals surface area contributed by atoms with Crippen LogP contribution in [0, 0.1) is 24.7 Å². The average Bonchev–Trinajstić information content (AvgIpc) is 3.00. The molecule has 1 N–H and O–H groups in total. The van der Waals surface area contributed by atoms with Crippen LogP contribution in [0.5, 0.6) is 0 Å². The molecular formula is C18H27N. The molecule has 0 amide bonds. The van der Waals surface area contributed by atoms with E-state index in [9.17, 15) is 0 Å². The fourth-order valence-electron chi connectivity index (χ4n) is 4.44. The third-order valence-corrected chi connectivity index (χ3v) is 5.32. The van der Waals surface area contributed by atoms with Gasteiger partial charge in [-0.15, -0.1) is 0 Å². The second-order valence-corrected chi connectivity index (χ2v) is 6.70. The summed E-state index contributed by atoms with van der Waals surface area (Å²) in [4.78, 5) is 0. The molecule has 1 nitrogen and oxygen atoms in total. The van der Waals surface area contributed by atoms with Crippen LogP contribution in [0.2, 0.25) is 0 Å². The van der Waals surface area contributed by atoms with Crippen molar-refractivity contribution in [1.29, 1.82) is 0 Å². The van der Waals surface area contributed by atoms with Crippen LogP contribution in [0.4, 0.5) is 0 Å². The normalized spacial score (nSPS) is 30.7. The lowest BCUT2D eigenvalue weighted by atomic mass is 9.82. The van der Waals surface area contributed by atoms with Crippen LogP contribution in [0.15, 0.2) is 24.3 Å². The molecule has 2 saturated carbocycles. The van der Waals surface area contributed by atoms with Gasteiger partial charge in [-0.05, 0) is 62.5 Å². The van der Waals surface area contributed by atoms with E-state index in [-0.39, 0.29) is 0 Å². The maximum absolute atomic E-state index is 3.71. The van der Waals surface area contributed by atoms with Crippen molar-refractivity contribution in [3.8, 4) is 0 Å². The summed E-state index contributed by atoms with van der Waals surface area (Å²) in [6, 6.07) is 9.63. The predicted octanol–water partition coefficient (Wildman–Crippen LogP) is 4.47. The molecule has 0 aliphatic heterocycles. The zero-order chi connectivity index (χ0) is 13.2. The zero-order valence-electron chi connectivity index (χ0n) is 12.4. The number of rotatable bonds is 5. The Morgan fingerprint density at radius 2 is 2.16 bits per heavy atom. The van der Waals surface area contributed by atoms with Gasteiger partial charge in [0.15, 0.2) is 0 Å². The lowest BCUT2D eigenvalue weighted by Crippen LogP contribution is -2.25. The van der Waals surface area contributed by atoms with E-state index in [1.807, 2.05) is 0 Å². The van der Waals surface area contributed by atoms with Crippen LogP contribution in [0.3, 0.4) is 0 Å². The number of benzene rings is 1. The highest BCUT2D eigenvalue weighted by Gasteiger charge is 2.40. The first kappa shape index (κ1) is 13.2. The molecule has 1 aromatic rings. The first-order valence-corrected chi connectivity index (χ1v) is 8.06. The Morgan fingerprint density at radius 1 is 1.26 bits per heavy atom. The van der Waals surface area contributed by atoms with Crippen molar-refractivity contribution in [2.45, 2.75) is 52.0 Å². The molecule has 2 bridgehead atoms. The largest absolute Gasteiger partial charge is 0.310 e. The minimum Gasteiger partial charge on any atom is -0.310 e. The quantitative estimate of drug-likeness (QED) is 0.820. The summed E-state index contributed by atoms with van der Waals surface area (Å²) < 4.78 is 0. The summed E-state index contributed by atoms with van der Waals surface area (Å²) in [6.07, 6.45) is 7.38. The molecule has 2 aliphatic rings. The number of hydrogen-bond acceptors (Lipinski definition) is 1. The molecule has 0 heterocycles. The standard InChI is InChI=1S/C18H27N/c1-3-19-18(16-6-4-5-13(2)9-16)12-17-11-14-7-8-15(17)10-14/h4-6,9,14-15,17-19H,3,7-8,10-12H2,1-2H3. The van der Waals surface area contributed by atoms with Crippen molar-refractivity contribution >= 4 is 0 Å². The Labute approximate surface area is 117 Å². The molecule has 2 fully saturated rings. The van der Waals surface area contributed by atoms with E-state index in [2.05, 4.69) is 43.4 Å². The maximum Gasteiger partial charge on any atom is 0.0322 e. The van der Waals surface area contributed by atoms with Gasteiger partial charge in [-0.25, -0.2) is 0 Å². The highest BCUT2D eigenvalue weighted by molar-refractivity contribution is 5.25. The summed E-state index contributed by atoms with van der Waals surface area (Å²) in [5.74, 6) is 3.08. The van der Waals surface area contributed by atoms with Gasteiger partial charge in [-0.3, -0.25) is 0 Å². The van der Waals surface area contributed by atoms with Gasteiger partial charge >= 0.3 is 0 Å². The zero-order valence-corrected chi connectivity index (χ0v) is 12.4. The van der Waals surface area contributed by atoms with Crippen LogP contribution >= 0.6 is 0 Å². The first-order chi connectivity index (χ1) is 9.26. The summed E-state index contributed by atoms with van der Waals surface area (Å²) >= 11 is 0. The van der Waals surface area contributed by atoms with Gasteiger partial charge in [0.25, 0.3) is 0 Å². The molecule has 104 valence electrons. The van der Waals surface area contributed by atoms with E-state index in [0.29, 0.717) is 6.04 Å². The van der Waals surface area contributed by atoms with E-state index in [4.69, 9.17) is 0 Å². The highest BCUT2D eigenvalue weighted by atomic mass is 14.9. The van der Waals surface area contributed by atoms with E-state index < -0.39 is 0 Å². The summed E-state index contributed by atoms with van der Waals surface area (Å²) in [5.41, 5.74) is 2.87. The molecule has 4 unspecified atom stereocenters. The minimum atomic E-state index is 0.564. The molecule has 1 aromatic carbocycles. The molecule has 0 radical (unpaired) electrons. The van der Waals surface area contributed by atoms with Gasteiger partial charge in [0.2, 0.25) is 0 Å². The number of nitrogens with one attached hydrogen (secondary N) is 1. The van der Waals surface area contributed by atoms with Gasteiger partial charge in [0, 0.05) is 6.04 Å². The van der Waals surface area contributed by atoms with Gasteiger partial charge < -0.3 is 5.32 Å². The Kier molecular flexibility index (Phi) is 3.93. The number of fused-ring (bicyclic) bond motifs is 2. The molecule has 4 atom stereocenters. The lowest BCUT2D eigenvalue weighted by Gasteiger charge is -2.27. The van der Waals surface area contributed by atoms with Crippen molar-refractivity contribution < 1.29 is 0 Å². The van der Waals surface area contributed by atoms with Gasteiger partial charge in [0.05, 0.1) is 0 Å². The molecule has 0 saturated heterocycles. The highest BCUT2D eigenvalue weighted by Crippen LogP contribution is 2.50. The molecule has 3 rings (SSSR count). The summed E-state index contributed by atoms with van der Waals surface area (Å²) in [5, 5.41) is 3.71. The van der Waals surface area contributed by atoms with E-state index in [1.165, 1.54) is 43.2 Å². The topological polar surface area (TPSA) is 12.0 Å². The minimum absolute atomic E-state index is 0.564. The van der Waals surface area contributed by atoms with Crippen LogP contribution in [0.1, 0.15) is 56.2 Å².